The summed E-state index contributed by atoms with van der Waals surface area (Å²) in [5.74, 6) is -0.702. The van der Waals surface area contributed by atoms with Crippen LogP contribution in [0.4, 0.5) is 8.78 Å². The van der Waals surface area contributed by atoms with Crippen molar-refractivity contribution in [1.82, 2.24) is 40.0 Å². The fraction of sp³-hybridized carbons (Fsp3) is 0.385. The van der Waals surface area contributed by atoms with E-state index in [1.807, 2.05) is 42.3 Å². The first-order chi connectivity index (χ1) is 18.3. The zero-order valence-corrected chi connectivity index (χ0v) is 21.5. The molecule has 1 aromatic carbocycles. The van der Waals surface area contributed by atoms with Crippen LogP contribution < -0.4 is 0 Å². The molecule has 38 heavy (non-hydrogen) atoms. The maximum absolute atomic E-state index is 12.5. The number of halogens is 2. The first-order valence-electron chi connectivity index (χ1n) is 12.3. The van der Waals surface area contributed by atoms with E-state index in [4.69, 9.17) is 4.42 Å². The van der Waals surface area contributed by atoms with Gasteiger partial charge in [-0.3, -0.25) is 14.7 Å². The third kappa shape index (κ3) is 7.03. The normalized spacial score (nSPS) is 14.0. The molecule has 1 aliphatic rings. The second-order valence-electron chi connectivity index (χ2n) is 9.23. The largest absolute Gasteiger partial charge is 0.415 e. The van der Waals surface area contributed by atoms with Crippen LogP contribution in [0.2, 0.25) is 0 Å². The van der Waals surface area contributed by atoms with Gasteiger partial charge in [0.05, 0.1) is 24.0 Å². The highest BCUT2D eigenvalue weighted by atomic mass is 19.3. The van der Waals surface area contributed by atoms with Crippen molar-refractivity contribution in [1.29, 1.82) is 0 Å². The molecule has 200 valence electrons. The van der Waals surface area contributed by atoms with Crippen molar-refractivity contribution in [3.05, 3.63) is 65.9 Å². The summed E-state index contributed by atoms with van der Waals surface area (Å²) < 4.78 is 31.6. The summed E-state index contributed by atoms with van der Waals surface area (Å²) in [5.41, 5.74) is 4.12. The maximum Gasteiger partial charge on any atom is 0.314 e. The lowest BCUT2D eigenvalue weighted by Gasteiger charge is -2.34. The third-order valence-electron chi connectivity index (χ3n) is 6.10. The van der Waals surface area contributed by atoms with E-state index >= 15 is 0 Å². The highest BCUT2D eigenvalue weighted by molar-refractivity contribution is 5.58. The number of carbonyl (C=O) groups is 1. The minimum absolute atomic E-state index is 0.00633. The smallest absolute Gasteiger partial charge is 0.314 e. The zero-order valence-electron chi connectivity index (χ0n) is 21.5. The van der Waals surface area contributed by atoms with Gasteiger partial charge in [-0.2, -0.15) is 8.78 Å². The Morgan fingerprint density at radius 3 is 2.42 bits per heavy atom. The number of pyridine rings is 1. The number of aromatic nitrogens is 6. The first kappa shape index (κ1) is 27.0. The molecule has 0 radical (unpaired) electrons. The Hall–Kier alpha value is -4.06. The van der Waals surface area contributed by atoms with Gasteiger partial charge in [0.1, 0.15) is 5.69 Å². The third-order valence-corrected chi connectivity index (χ3v) is 6.10. The first-order valence-corrected chi connectivity index (χ1v) is 12.3. The minimum Gasteiger partial charge on any atom is -0.415 e. The molecule has 0 N–H and O–H groups in total. The van der Waals surface area contributed by atoms with Crippen molar-refractivity contribution in [2.24, 2.45) is 0 Å². The molecule has 10 nitrogen and oxygen atoms in total. The molecular formula is C26H30F2N8O2. The number of hydrogen-bond acceptors (Lipinski definition) is 8. The van der Waals surface area contributed by atoms with Crippen LogP contribution in [-0.4, -0.2) is 78.6 Å². The molecule has 1 aliphatic heterocycles. The number of alkyl halides is 2. The number of nitrogens with zero attached hydrogens (tertiary/aromatic N) is 8. The van der Waals surface area contributed by atoms with Crippen LogP contribution >= 0.6 is 0 Å². The summed E-state index contributed by atoms with van der Waals surface area (Å²) >= 11 is 0. The number of amides is 1. The van der Waals surface area contributed by atoms with Crippen LogP contribution in [0.25, 0.3) is 22.7 Å². The lowest BCUT2D eigenvalue weighted by atomic mass is 10.1. The number of hydrogen-bond donors (Lipinski definition) is 0. The monoisotopic (exact) mass is 524 g/mol. The van der Waals surface area contributed by atoms with Gasteiger partial charge in [-0.25, -0.2) is 4.68 Å². The number of benzene rings is 1. The SMILES string of the molecule is CC(C)N1CCN(C=O)CC1.Cc1cccc(-c2cn(Cc3ccc(-c4nnc(C(F)F)o4)cn3)nn2)c1. The van der Waals surface area contributed by atoms with Crippen LogP contribution in [0, 0.1) is 6.92 Å². The molecule has 0 atom stereocenters. The van der Waals surface area contributed by atoms with Gasteiger partial charge in [-0.1, -0.05) is 29.0 Å². The summed E-state index contributed by atoms with van der Waals surface area (Å²) in [4.78, 5) is 18.9. The average molecular weight is 525 g/mol. The number of piperazine rings is 1. The zero-order chi connectivity index (χ0) is 27.1. The Morgan fingerprint density at radius 1 is 1.03 bits per heavy atom. The number of carbonyl (C=O) groups excluding carboxylic acids is 1. The van der Waals surface area contributed by atoms with Crippen molar-refractivity contribution in [2.75, 3.05) is 26.2 Å². The topological polar surface area (TPSA) is 106 Å². The summed E-state index contributed by atoms with van der Waals surface area (Å²) in [6, 6.07) is 12.1. The lowest BCUT2D eigenvalue weighted by Crippen LogP contribution is -2.48. The Labute approximate surface area is 219 Å². The molecule has 12 heteroatoms. The van der Waals surface area contributed by atoms with Gasteiger partial charge in [-0.05, 0) is 39.0 Å². The fourth-order valence-electron chi connectivity index (χ4n) is 3.92. The summed E-state index contributed by atoms with van der Waals surface area (Å²) in [5, 5.41) is 15.2. The molecule has 4 heterocycles. The predicted molar refractivity (Wildman–Crippen MR) is 136 cm³/mol. The Bertz CT molecular complexity index is 1310. The molecule has 3 aromatic heterocycles. The van der Waals surface area contributed by atoms with E-state index < -0.39 is 12.3 Å². The molecule has 0 aliphatic carbocycles. The second kappa shape index (κ2) is 12.5. The molecule has 1 amide bonds. The maximum atomic E-state index is 12.5. The standard InChI is InChI=1S/C18H14F2N6O.C8H16N2O/c1-11-3-2-4-12(7-11)15-10-26(25-22-15)9-14-6-5-13(8-21-14)17-23-24-18(27-17)16(19)20;1-8(2)10-5-3-9(7-11)4-6-10/h2-8,10,16H,9H2,1H3;7-8H,3-6H2,1-2H3. The predicted octanol–water partition coefficient (Wildman–Crippen LogP) is 3.85. The van der Waals surface area contributed by atoms with Crippen molar-refractivity contribution < 1.29 is 18.0 Å². The van der Waals surface area contributed by atoms with Gasteiger partial charge < -0.3 is 9.32 Å². The number of rotatable bonds is 7. The summed E-state index contributed by atoms with van der Waals surface area (Å²) in [6.45, 7) is 10.7. The van der Waals surface area contributed by atoms with Crippen LogP contribution in [0.1, 0.15) is 37.4 Å². The van der Waals surface area contributed by atoms with Crippen molar-refractivity contribution >= 4 is 6.41 Å². The Morgan fingerprint density at radius 2 is 1.82 bits per heavy atom. The van der Waals surface area contributed by atoms with Crippen molar-refractivity contribution in [3.8, 4) is 22.7 Å². The quantitative estimate of drug-likeness (QED) is 0.336. The van der Waals surface area contributed by atoms with Crippen LogP contribution in [0.5, 0.6) is 0 Å². The molecule has 1 saturated heterocycles. The van der Waals surface area contributed by atoms with E-state index in [-0.39, 0.29) is 5.89 Å². The van der Waals surface area contributed by atoms with E-state index in [0.29, 0.717) is 18.2 Å². The molecule has 4 aromatic rings. The van der Waals surface area contributed by atoms with Gasteiger partial charge in [-0.15, -0.1) is 15.3 Å². The molecule has 1 fully saturated rings. The fourth-order valence-corrected chi connectivity index (χ4v) is 3.92. The van der Waals surface area contributed by atoms with E-state index in [1.54, 1.807) is 16.8 Å². The molecule has 0 saturated carbocycles. The summed E-state index contributed by atoms with van der Waals surface area (Å²) in [6.07, 6.45) is 1.49. The van der Waals surface area contributed by atoms with Gasteiger partial charge in [0, 0.05) is 44.0 Å². The molecule has 0 spiro atoms. The van der Waals surface area contributed by atoms with Gasteiger partial charge >= 0.3 is 6.43 Å². The van der Waals surface area contributed by atoms with Crippen LogP contribution in [-0.2, 0) is 11.3 Å². The van der Waals surface area contributed by atoms with E-state index in [1.165, 1.54) is 6.20 Å². The van der Waals surface area contributed by atoms with Gasteiger partial charge in [0.15, 0.2) is 0 Å². The Kier molecular flexibility index (Phi) is 8.85. The molecule has 5 rings (SSSR count). The van der Waals surface area contributed by atoms with E-state index in [2.05, 4.69) is 44.2 Å². The number of aryl methyl sites for hydroxylation is 1. The van der Waals surface area contributed by atoms with Crippen molar-refractivity contribution in [2.45, 2.75) is 39.8 Å². The van der Waals surface area contributed by atoms with E-state index in [0.717, 1.165) is 55.1 Å². The van der Waals surface area contributed by atoms with E-state index in [9.17, 15) is 13.6 Å². The van der Waals surface area contributed by atoms with Gasteiger partial charge in [0.2, 0.25) is 12.3 Å². The highest BCUT2D eigenvalue weighted by Crippen LogP contribution is 2.23. The minimum atomic E-state index is -2.80. The average Bonchev–Trinajstić information content (AvgIpc) is 3.60. The molecule has 0 unspecified atom stereocenters. The Balaban J connectivity index is 0.000000257. The molecule has 0 bridgehead atoms. The summed E-state index contributed by atoms with van der Waals surface area (Å²) in [7, 11) is 0. The lowest BCUT2D eigenvalue weighted by molar-refractivity contribution is -0.119. The highest BCUT2D eigenvalue weighted by Gasteiger charge is 2.18. The second-order valence-corrected chi connectivity index (χ2v) is 9.23. The van der Waals surface area contributed by atoms with Crippen LogP contribution in [0.15, 0.2) is 53.2 Å². The molecular weight excluding hydrogens is 494 g/mol. The van der Waals surface area contributed by atoms with Gasteiger partial charge in [0.25, 0.3) is 5.89 Å². The van der Waals surface area contributed by atoms with Crippen LogP contribution in [0.3, 0.4) is 0 Å². The van der Waals surface area contributed by atoms with Crippen molar-refractivity contribution in [3.63, 3.8) is 0 Å².